The van der Waals surface area contributed by atoms with E-state index < -0.39 is 5.97 Å². The molecule has 0 unspecified atom stereocenters. The van der Waals surface area contributed by atoms with Gasteiger partial charge in [-0.2, -0.15) is 0 Å². The molecule has 0 saturated carbocycles. The molecule has 4 nitrogen and oxygen atoms in total. The standard InChI is InChI=1S/C28H29NO3/c1-3-5-6-20(4-2)15-21-7-10-26-25(16-21)18-27(32-26)23-8-9-24-19-29(14-12-28(30)31)13-11-22(24)17-23/h3-10,16-18H,2,11-15,19H2,1H3,(H,30,31)/b5-3-,20-6+. The average Bonchev–Trinajstić information content (AvgIpc) is 3.23. The highest BCUT2D eigenvalue weighted by molar-refractivity contribution is 5.83. The van der Waals surface area contributed by atoms with Gasteiger partial charge in [-0.05, 0) is 66.3 Å². The van der Waals surface area contributed by atoms with Crippen molar-refractivity contribution in [1.82, 2.24) is 4.90 Å². The molecule has 2 heterocycles. The van der Waals surface area contributed by atoms with E-state index >= 15 is 0 Å². The molecule has 0 atom stereocenters. The molecule has 32 heavy (non-hydrogen) atoms. The number of nitrogens with zero attached hydrogens (tertiary/aromatic N) is 1. The van der Waals surface area contributed by atoms with Crippen molar-refractivity contribution in [2.45, 2.75) is 32.7 Å². The number of hydrogen-bond acceptors (Lipinski definition) is 3. The topological polar surface area (TPSA) is 53.7 Å². The summed E-state index contributed by atoms with van der Waals surface area (Å²) < 4.78 is 6.16. The molecule has 0 radical (unpaired) electrons. The Balaban J connectivity index is 1.53. The Morgan fingerprint density at radius 3 is 2.84 bits per heavy atom. The molecule has 2 aromatic carbocycles. The molecule has 1 aromatic heterocycles. The quantitative estimate of drug-likeness (QED) is 0.437. The fourth-order valence-corrected chi connectivity index (χ4v) is 4.21. The molecule has 1 N–H and O–H groups in total. The van der Waals surface area contributed by atoms with Gasteiger partial charge in [-0.15, -0.1) is 0 Å². The van der Waals surface area contributed by atoms with E-state index in [1.165, 1.54) is 22.3 Å². The minimum atomic E-state index is -0.742. The van der Waals surface area contributed by atoms with Gasteiger partial charge in [0.2, 0.25) is 0 Å². The van der Waals surface area contributed by atoms with Gasteiger partial charge in [-0.25, -0.2) is 0 Å². The molecule has 1 aliphatic heterocycles. The number of allylic oxidation sites excluding steroid dienone is 5. The van der Waals surface area contributed by atoms with Crippen LogP contribution in [0.4, 0.5) is 0 Å². The van der Waals surface area contributed by atoms with Crippen molar-refractivity contribution in [3.8, 4) is 11.3 Å². The van der Waals surface area contributed by atoms with Gasteiger partial charge in [0.25, 0.3) is 0 Å². The molecule has 1 aliphatic rings. The molecule has 0 bridgehead atoms. The van der Waals surface area contributed by atoms with Gasteiger partial charge in [-0.1, -0.05) is 49.1 Å². The molecule has 0 saturated heterocycles. The van der Waals surface area contributed by atoms with E-state index in [9.17, 15) is 4.79 Å². The van der Waals surface area contributed by atoms with E-state index in [-0.39, 0.29) is 6.42 Å². The first kappa shape index (κ1) is 21.8. The highest BCUT2D eigenvalue weighted by Crippen LogP contribution is 2.31. The Morgan fingerprint density at radius 1 is 1.19 bits per heavy atom. The van der Waals surface area contributed by atoms with Crippen molar-refractivity contribution in [3.63, 3.8) is 0 Å². The summed E-state index contributed by atoms with van der Waals surface area (Å²) >= 11 is 0. The second kappa shape index (κ2) is 9.84. The molecule has 4 heteroatoms. The number of fused-ring (bicyclic) bond motifs is 2. The lowest BCUT2D eigenvalue weighted by Crippen LogP contribution is -2.32. The molecule has 0 fully saturated rings. The lowest BCUT2D eigenvalue weighted by molar-refractivity contribution is -0.137. The highest BCUT2D eigenvalue weighted by atomic mass is 16.4. The first-order chi connectivity index (χ1) is 15.6. The van der Waals surface area contributed by atoms with Gasteiger partial charge in [0.15, 0.2) is 0 Å². The zero-order valence-corrected chi connectivity index (χ0v) is 18.5. The van der Waals surface area contributed by atoms with Gasteiger partial charge in [-0.3, -0.25) is 9.69 Å². The molecule has 164 valence electrons. The summed E-state index contributed by atoms with van der Waals surface area (Å²) in [6, 6.07) is 14.9. The molecule has 0 amide bonds. The fourth-order valence-electron chi connectivity index (χ4n) is 4.21. The highest BCUT2D eigenvalue weighted by Gasteiger charge is 2.18. The third kappa shape index (κ3) is 5.09. The zero-order valence-electron chi connectivity index (χ0n) is 18.5. The number of carboxylic acid groups (broad SMARTS) is 1. The van der Waals surface area contributed by atoms with Crippen LogP contribution in [-0.2, 0) is 24.2 Å². The van der Waals surface area contributed by atoms with Crippen LogP contribution in [0.5, 0.6) is 0 Å². The lowest BCUT2D eigenvalue weighted by atomic mass is 9.96. The van der Waals surface area contributed by atoms with Gasteiger partial charge < -0.3 is 9.52 Å². The second-order valence-electron chi connectivity index (χ2n) is 8.28. The number of carboxylic acids is 1. The molecule has 0 spiro atoms. The van der Waals surface area contributed by atoms with Crippen LogP contribution in [-0.4, -0.2) is 29.1 Å². The van der Waals surface area contributed by atoms with E-state index in [4.69, 9.17) is 9.52 Å². The van der Waals surface area contributed by atoms with Crippen LogP contribution >= 0.6 is 0 Å². The molecular formula is C28H29NO3. The van der Waals surface area contributed by atoms with Gasteiger partial charge in [0.05, 0.1) is 6.42 Å². The Labute approximate surface area is 189 Å². The predicted octanol–water partition coefficient (Wildman–Crippen LogP) is 6.16. The second-order valence-corrected chi connectivity index (χ2v) is 8.28. The zero-order chi connectivity index (χ0) is 22.5. The summed E-state index contributed by atoms with van der Waals surface area (Å²) in [6.07, 6.45) is 9.99. The third-order valence-corrected chi connectivity index (χ3v) is 5.98. The van der Waals surface area contributed by atoms with E-state index in [0.29, 0.717) is 6.54 Å². The van der Waals surface area contributed by atoms with E-state index in [0.717, 1.165) is 48.2 Å². The lowest BCUT2D eigenvalue weighted by Gasteiger charge is -2.28. The van der Waals surface area contributed by atoms with Crippen LogP contribution in [0.25, 0.3) is 22.3 Å². The van der Waals surface area contributed by atoms with E-state index in [1.807, 2.05) is 31.2 Å². The molecular weight excluding hydrogens is 398 g/mol. The van der Waals surface area contributed by atoms with Crippen molar-refractivity contribution in [2.24, 2.45) is 0 Å². The van der Waals surface area contributed by atoms with Gasteiger partial charge >= 0.3 is 5.97 Å². The van der Waals surface area contributed by atoms with Crippen LogP contribution in [0.1, 0.15) is 30.0 Å². The SMILES string of the molecule is C=C/C(=C\C=C/C)Cc1ccc2oc(-c3ccc4c(c3)CCN(CCC(=O)O)C4)cc2c1. The van der Waals surface area contributed by atoms with Crippen molar-refractivity contribution in [2.75, 3.05) is 13.1 Å². The summed E-state index contributed by atoms with van der Waals surface area (Å²) in [7, 11) is 0. The Morgan fingerprint density at radius 2 is 2.06 bits per heavy atom. The maximum Gasteiger partial charge on any atom is 0.304 e. The van der Waals surface area contributed by atoms with Gasteiger partial charge in [0, 0.05) is 30.6 Å². The third-order valence-electron chi connectivity index (χ3n) is 5.98. The van der Waals surface area contributed by atoms with Crippen LogP contribution in [0.15, 0.2) is 83.3 Å². The average molecular weight is 428 g/mol. The van der Waals surface area contributed by atoms with Gasteiger partial charge in [0.1, 0.15) is 11.3 Å². The van der Waals surface area contributed by atoms with Crippen molar-refractivity contribution < 1.29 is 14.3 Å². The molecule has 3 aromatic rings. The van der Waals surface area contributed by atoms with Crippen LogP contribution in [0.2, 0.25) is 0 Å². The molecule has 4 rings (SSSR count). The number of carbonyl (C=O) groups is 1. The first-order valence-corrected chi connectivity index (χ1v) is 11.1. The normalized spacial score (nSPS) is 14.7. The molecule has 0 aliphatic carbocycles. The maximum atomic E-state index is 10.8. The predicted molar refractivity (Wildman–Crippen MR) is 130 cm³/mol. The summed E-state index contributed by atoms with van der Waals surface area (Å²) in [6.45, 7) is 8.22. The minimum Gasteiger partial charge on any atom is -0.481 e. The first-order valence-electron chi connectivity index (χ1n) is 11.1. The Hall–Kier alpha value is -3.37. The van der Waals surface area contributed by atoms with Crippen LogP contribution in [0, 0.1) is 0 Å². The Bertz CT molecular complexity index is 1200. The number of aliphatic carboxylic acids is 1. The van der Waals surface area contributed by atoms with Crippen LogP contribution in [0.3, 0.4) is 0 Å². The summed E-state index contributed by atoms with van der Waals surface area (Å²) in [5, 5.41) is 10.0. The summed E-state index contributed by atoms with van der Waals surface area (Å²) in [5.74, 6) is 0.135. The Kier molecular flexibility index (Phi) is 6.72. The number of furan rings is 1. The van der Waals surface area contributed by atoms with E-state index in [2.05, 4.69) is 54.0 Å². The number of rotatable bonds is 8. The summed E-state index contributed by atoms with van der Waals surface area (Å²) in [5.41, 5.74) is 6.97. The minimum absolute atomic E-state index is 0.188. The maximum absolute atomic E-state index is 10.8. The van der Waals surface area contributed by atoms with Crippen molar-refractivity contribution >= 4 is 16.9 Å². The summed E-state index contributed by atoms with van der Waals surface area (Å²) in [4.78, 5) is 13.1. The fraction of sp³-hybridized carbons (Fsp3) is 0.250. The number of benzene rings is 2. The van der Waals surface area contributed by atoms with Crippen LogP contribution < -0.4 is 0 Å². The van der Waals surface area contributed by atoms with Crippen molar-refractivity contribution in [1.29, 1.82) is 0 Å². The van der Waals surface area contributed by atoms with Crippen molar-refractivity contribution in [3.05, 3.63) is 95.6 Å². The smallest absolute Gasteiger partial charge is 0.304 e. The largest absolute Gasteiger partial charge is 0.481 e. The number of hydrogen-bond donors (Lipinski definition) is 1. The van der Waals surface area contributed by atoms with E-state index in [1.54, 1.807) is 0 Å². The monoisotopic (exact) mass is 427 g/mol.